The van der Waals surface area contributed by atoms with Crippen LogP contribution in [-0.2, 0) is 7.05 Å². The Kier molecular flexibility index (Phi) is 5.25. The van der Waals surface area contributed by atoms with Gasteiger partial charge in [0.2, 0.25) is 5.56 Å². The highest BCUT2D eigenvalue weighted by Gasteiger charge is 2.27. The number of aromatic nitrogens is 3. The molecule has 6 nitrogen and oxygen atoms in total. The van der Waals surface area contributed by atoms with Crippen LogP contribution in [0.1, 0.15) is 40.4 Å². The van der Waals surface area contributed by atoms with Crippen molar-refractivity contribution in [2.24, 2.45) is 7.05 Å². The fourth-order valence-corrected chi connectivity index (χ4v) is 3.83. The van der Waals surface area contributed by atoms with Gasteiger partial charge in [-0.25, -0.2) is 4.98 Å². The summed E-state index contributed by atoms with van der Waals surface area (Å²) in [5.74, 6) is 0.102. The van der Waals surface area contributed by atoms with Crippen molar-refractivity contribution in [2.45, 2.75) is 25.7 Å². The van der Waals surface area contributed by atoms with Gasteiger partial charge in [0, 0.05) is 50.1 Å². The average molecular weight is 388 g/mol. The lowest BCUT2D eigenvalue weighted by atomic mass is 9.94. The Morgan fingerprint density at radius 3 is 2.83 bits per heavy atom. The molecule has 1 aliphatic heterocycles. The minimum atomic E-state index is -0.124. The molecule has 0 N–H and O–H groups in total. The number of likely N-dealkylation sites (tertiary alicyclic amines) is 1. The second-order valence-electron chi connectivity index (χ2n) is 7.66. The molecule has 0 saturated carbocycles. The van der Waals surface area contributed by atoms with Crippen LogP contribution < -0.4 is 5.56 Å². The lowest BCUT2D eigenvalue weighted by Crippen LogP contribution is -2.39. The summed E-state index contributed by atoms with van der Waals surface area (Å²) in [6, 6.07) is 11.3. The number of carbonyl (C=O) groups is 1. The van der Waals surface area contributed by atoms with Gasteiger partial charge in [-0.1, -0.05) is 23.8 Å². The molecular formula is C23H24N4O2. The van der Waals surface area contributed by atoms with Crippen LogP contribution in [-0.4, -0.2) is 38.4 Å². The van der Waals surface area contributed by atoms with Crippen molar-refractivity contribution in [3.63, 3.8) is 0 Å². The molecule has 148 valence electrons. The number of benzene rings is 1. The molecule has 1 fully saturated rings. The van der Waals surface area contributed by atoms with Crippen LogP contribution in [0.25, 0.3) is 11.3 Å². The molecule has 0 radical (unpaired) electrons. The van der Waals surface area contributed by atoms with E-state index in [1.807, 2.05) is 23.2 Å². The smallest absolute Gasteiger partial charge is 0.255 e. The number of pyridine rings is 1. The van der Waals surface area contributed by atoms with Gasteiger partial charge >= 0.3 is 0 Å². The van der Waals surface area contributed by atoms with Crippen LogP contribution >= 0.6 is 0 Å². The van der Waals surface area contributed by atoms with Crippen molar-refractivity contribution in [1.29, 1.82) is 0 Å². The Hall–Kier alpha value is -3.28. The minimum Gasteiger partial charge on any atom is -0.338 e. The van der Waals surface area contributed by atoms with E-state index in [1.165, 1.54) is 16.2 Å². The van der Waals surface area contributed by atoms with Gasteiger partial charge in [-0.15, -0.1) is 0 Å². The lowest BCUT2D eigenvalue weighted by Gasteiger charge is -2.32. The van der Waals surface area contributed by atoms with Gasteiger partial charge < -0.3 is 9.47 Å². The summed E-state index contributed by atoms with van der Waals surface area (Å²) in [5, 5.41) is 0. The van der Waals surface area contributed by atoms with Crippen LogP contribution in [0.3, 0.4) is 0 Å². The first-order chi connectivity index (χ1) is 14.0. The highest BCUT2D eigenvalue weighted by Crippen LogP contribution is 2.28. The molecule has 4 rings (SSSR count). The fraction of sp³-hybridized carbons (Fsp3) is 0.304. The number of aryl methyl sites for hydroxylation is 2. The van der Waals surface area contributed by atoms with Gasteiger partial charge in [0.15, 0.2) is 0 Å². The second-order valence-corrected chi connectivity index (χ2v) is 7.66. The summed E-state index contributed by atoms with van der Waals surface area (Å²) in [6.07, 6.45) is 7.09. The first-order valence-electron chi connectivity index (χ1n) is 9.86. The second kappa shape index (κ2) is 7.99. The van der Waals surface area contributed by atoms with E-state index in [9.17, 15) is 9.59 Å². The summed E-state index contributed by atoms with van der Waals surface area (Å²) >= 11 is 0. The van der Waals surface area contributed by atoms with Crippen LogP contribution in [0.15, 0.2) is 59.8 Å². The first kappa shape index (κ1) is 19.1. The van der Waals surface area contributed by atoms with E-state index in [0.717, 1.165) is 29.8 Å². The monoisotopic (exact) mass is 388 g/mol. The van der Waals surface area contributed by atoms with E-state index in [2.05, 4.69) is 24.0 Å². The quantitative estimate of drug-likeness (QED) is 0.691. The molecule has 2 aromatic heterocycles. The molecule has 1 unspecified atom stereocenters. The van der Waals surface area contributed by atoms with Crippen LogP contribution in [0.5, 0.6) is 0 Å². The molecule has 0 spiro atoms. The summed E-state index contributed by atoms with van der Waals surface area (Å²) in [7, 11) is 1.66. The predicted octanol–water partition coefficient (Wildman–Crippen LogP) is 3.17. The Balaban J connectivity index is 1.55. The van der Waals surface area contributed by atoms with E-state index in [0.29, 0.717) is 18.7 Å². The summed E-state index contributed by atoms with van der Waals surface area (Å²) in [4.78, 5) is 35.7. The standard InChI is InChI=1S/C23H24N4O2/c1-16-5-3-6-17(11-16)20-12-24-13-21(25-20)18-7-4-10-27(15-18)23(29)19-8-9-22(28)26(2)14-19/h3,5-6,8-9,11-14,18H,4,7,10,15H2,1-2H3. The van der Waals surface area contributed by atoms with Gasteiger partial charge in [0.25, 0.3) is 5.91 Å². The molecule has 0 aliphatic carbocycles. The third-order valence-corrected chi connectivity index (χ3v) is 5.43. The maximum absolute atomic E-state index is 12.9. The number of nitrogens with zero attached hydrogens (tertiary/aromatic N) is 4. The molecule has 1 amide bonds. The minimum absolute atomic E-state index is 0.0481. The zero-order valence-corrected chi connectivity index (χ0v) is 16.7. The first-order valence-corrected chi connectivity index (χ1v) is 9.86. The van der Waals surface area contributed by atoms with E-state index < -0.39 is 0 Å². The van der Waals surface area contributed by atoms with Crippen molar-refractivity contribution in [3.05, 3.63) is 82.2 Å². The van der Waals surface area contributed by atoms with Crippen LogP contribution in [0.2, 0.25) is 0 Å². The molecule has 6 heteroatoms. The number of carbonyl (C=O) groups excluding carboxylic acids is 1. The summed E-state index contributed by atoms with van der Waals surface area (Å²) in [6.45, 7) is 3.38. The normalized spacial score (nSPS) is 16.6. The molecule has 3 aromatic rings. The topological polar surface area (TPSA) is 68.1 Å². The van der Waals surface area contributed by atoms with Crippen molar-refractivity contribution >= 4 is 5.91 Å². The molecule has 29 heavy (non-hydrogen) atoms. The largest absolute Gasteiger partial charge is 0.338 e. The molecule has 0 bridgehead atoms. The Morgan fingerprint density at radius 2 is 2.03 bits per heavy atom. The van der Waals surface area contributed by atoms with Gasteiger partial charge in [0.1, 0.15) is 0 Å². The number of hydrogen-bond acceptors (Lipinski definition) is 4. The Morgan fingerprint density at radius 1 is 1.17 bits per heavy atom. The SMILES string of the molecule is Cc1cccc(-c2cncc(C3CCCN(C(=O)c4ccc(=O)n(C)c4)C3)n2)c1. The van der Waals surface area contributed by atoms with Crippen LogP contribution in [0, 0.1) is 6.92 Å². The number of piperidine rings is 1. The maximum atomic E-state index is 12.9. The Labute approximate surface area is 169 Å². The molecular weight excluding hydrogens is 364 g/mol. The molecule has 1 aliphatic rings. The highest BCUT2D eigenvalue weighted by molar-refractivity contribution is 5.94. The van der Waals surface area contributed by atoms with Crippen molar-refractivity contribution < 1.29 is 4.79 Å². The van der Waals surface area contributed by atoms with E-state index in [4.69, 9.17) is 4.98 Å². The van der Waals surface area contributed by atoms with E-state index in [1.54, 1.807) is 25.5 Å². The summed E-state index contributed by atoms with van der Waals surface area (Å²) in [5.41, 5.74) is 4.41. The maximum Gasteiger partial charge on any atom is 0.255 e. The lowest BCUT2D eigenvalue weighted by molar-refractivity contribution is 0.0705. The van der Waals surface area contributed by atoms with Crippen molar-refractivity contribution in [2.75, 3.05) is 13.1 Å². The average Bonchev–Trinajstić information content (AvgIpc) is 2.75. The van der Waals surface area contributed by atoms with Gasteiger partial charge in [-0.3, -0.25) is 14.6 Å². The van der Waals surface area contributed by atoms with Gasteiger partial charge in [-0.2, -0.15) is 0 Å². The van der Waals surface area contributed by atoms with Crippen LogP contribution in [0.4, 0.5) is 0 Å². The molecule has 1 aromatic carbocycles. The molecule has 1 atom stereocenters. The third-order valence-electron chi connectivity index (χ3n) is 5.43. The molecule has 3 heterocycles. The molecule has 1 saturated heterocycles. The Bertz CT molecular complexity index is 1110. The van der Waals surface area contributed by atoms with Crippen molar-refractivity contribution in [1.82, 2.24) is 19.4 Å². The van der Waals surface area contributed by atoms with E-state index in [-0.39, 0.29) is 17.4 Å². The van der Waals surface area contributed by atoms with Crippen molar-refractivity contribution in [3.8, 4) is 11.3 Å². The highest BCUT2D eigenvalue weighted by atomic mass is 16.2. The zero-order valence-electron chi connectivity index (χ0n) is 16.7. The van der Waals surface area contributed by atoms with Gasteiger partial charge in [0.05, 0.1) is 23.1 Å². The van der Waals surface area contributed by atoms with Gasteiger partial charge in [-0.05, 0) is 31.9 Å². The number of rotatable bonds is 3. The van der Waals surface area contributed by atoms with E-state index >= 15 is 0 Å². The number of hydrogen-bond donors (Lipinski definition) is 0. The fourth-order valence-electron chi connectivity index (χ4n) is 3.83. The predicted molar refractivity (Wildman–Crippen MR) is 112 cm³/mol. The zero-order chi connectivity index (χ0) is 20.4. The summed E-state index contributed by atoms with van der Waals surface area (Å²) < 4.78 is 1.44. The number of amides is 1. The third kappa shape index (κ3) is 4.11.